The summed E-state index contributed by atoms with van der Waals surface area (Å²) in [6, 6.07) is 7.07. The maximum Gasteiger partial charge on any atom is 0.294 e. The van der Waals surface area contributed by atoms with Gasteiger partial charge in [0.15, 0.2) is 5.58 Å². The lowest BCUT2D eigenvalue weighted by molar-refractivity contribution is -0.146. The van der Waals surface area contributed by atoms with E-state index in [0.717, 1.165) is 18.4 Å². The van der Waals surface area contributed by atoms with Crippen LogP contribution in [0.1, 0.15) is 41.8 Å². The zero-order valence-electron chi connectivity index (χ0n) is 19.5. The SMILES string of the molecule is Cc1ccc(NC(=O)c2oc3cccnc3c2NC(=O)C2CCC(N3CCOCC3=O)CC2)nc1. The third-order valence-corrected chi connectivity index (χ3v) is 6.58. The van der Waals surface area contributed by atoms with Crippen LogP contribution >= 0.6 is 0 Å². The van der Waals surface area contributed by atoms with E-state index < -0.39 is 5.91 Å². The molecule has 3 amide bonds. The summed E-state index contributed by atoms with van der Waals surface area (Å²) >= 11 is 0. The highest BCUT2D eigenvalue weighted by Crippen LogP contribution is 2.33. The van der Waals surface area contributed by atoms with Gasteiger partial charge in [-0.2, -0.15) is 0 Å². The van der Waals surface area contributed by atoms with Gasteiger partial charge >= 0.3 is 0 Å². The standard InChI is InChI=1S/C25H27N5O5/c1-15-4-9-19(27-13-15)28-25(33)23-22(21-18(35-23)3-2-10-26-21)29-24(32)16-5-7-17(8-6-16)30-11-12-34-14-20(30)31/h2-4,9-10,13,16-17H,5-8,11-12,14H2,1H3,(H,29,32)(H,27,28,33). The second-order valence-electron chi connectivity index (χ2n) is 8.97. The number of fused-ring (bicyclic) bond motifs is 1. The lowest BCUT2D eigenvalue weighted by Gasteiger charge is -2.38. The molecule has 182 valence electrons. The van der Waals surface area contributed by atoms with Gasteiger partial charge in [-0.25, -0.2) is 4.98 Å². The number of rotatable bonds is 5. The number of pyridine rings is 2. The minimum Gasteiger partial charge on any atom is -0.447 e. The number of nitrogens with one attached hydrogen (secondary N) is 2. The molecule has 0 radical (unpaired) electrons. The fourth-order valence-corrected chi connectivity index (χ4v) is 4.71. The van der Waals surface area contributed by atoms with Crippen LogP contribution in [0.25, 0.3) is 11.1 Å². The summed E-state index contributed by atoms with van der Waals surface area (Å²) in [5, 5.41) is 5.62. The predicted molar refractivity (Wildman–Crippen MR) is 128 cm³/mol. The Morgan fingerprint density at radius 3 is 2.66 bits per heavy atom. The van der Waals surface area contributed by atoms with Gasteiger partial charge in [-0.05, 0) is 56.4 Å². The molecule has 0 spiro atoms. The highest BCUT2D eigenvalue weighted by molar-refractivity contribution is 6.13. The van der Waals surface area contributed by atoms with Gasteiger partial charge in [-0.15, -0.1) is 0 Å². The molecule has 0 atom stereocenters. The third kappa shape index (κ3) is 4.88. The van der Waals surface area contributed by atoms with Gasteiger partial charge in [0.25, 0.3) is 5.91 Å². The van der Waals surface area contributed by atoms with E-state index in [1.54, 1.807) is 30.6 Å². The first-order valence-electron chi connectivity index (χ1n) is 11.8. The number of ether oxygens (including phenoxy) is 1. The number of amides is 3. The van der Waals surface area contributed by atoms with Gasteiger partial charge in [0.2, 0.25) is 17.6 Å². The largest absolute Gasteiger partial charge is 0.447 e. The van der Waals surface area contributed by atoms with E-state index in [9.17, 15) is 14.4 Å². The van der Waals surface area contributed by atoms with Crippen LogP contribution in [0.4, 0.5) is 11.5 Å². The number of carbonyl (C=O) groups is 3. The van der Waals surface area contributed by atoms with Gasteiger partial charge in [0.05, 0.1) is 6.61 Å². The molecule has 1 saturated heterocycles. The highest BCUT2D eigenvalue weighted by Gasteiger charge is 2.34. The zero-order valence-corrected chi connectivity index (χ0v) is 19.5. The molecule has 2 N–H and O–H groups in total. The molecule has 0 bridgehead atoms. The van der Waals surface area contributed by atoms with E-state index in [1.165, 1.54) is 0 Å². The average molecular weight is 478 g/mol. The number of aromatic nitrogens is 2. The lowest BCUT2D eigenvalue weighted by Crippen LogP contribution is -2.49. The Morgan fingerprint density at radius 1 is 1.09 bits per heavy atom. The molecule has 0 unspecified atom stereocenters. The number of hydrogen-bond acceptors (Lipinski definition) is 7. The van der Waals surface area contributed by atoms with Crippen LogP contribution < -0.4 is 10.6 Å². The maximum atomic E-state index is 13.2. The molecular weight excluding hydrogens is 450 g/mol. The molecule has 5 rings (SSSR count). The minimum atomic E-state index is -0.524. The number of anilines is 2. The van der Waals surface area contributed by atoms with Crippen LogP contribution in [-0.4, -0.2) is 58.4 Å². The topological polar surface area (TPSA) is 127 Å². The van der Waals surface area contributed by atoms with Crippen molar-refractivity contribution < 1.29 is 23.5 Å². The molecule has 10 heteroatoms. The second kappa shape index (κ2) is 9.83. The first-order chi connectivity index (χ1) is 17.0. The van der Waals surface area contributed by atoms with E-state index in [4.69, 9.17) is 9.15 Å². The molecule has 2 aliphatic rings. The molecule has 3 aromatic rings. The molecule has 3 aromatic heterocycles. The van der Waals surface area contributed by atoms with Gasteiger partial charge in [0.1, 0.15) is 23.6 Å². The second-order valence-corrected chi connectivity index (χ2v) is 8.97. The Kier molecular flexibility index (Phi) is 6.45. The van der Waals surface area contributed by atoms with Crippen LogP contribution in [0, 0.1) is 12.8 Å². The Morgan fingerprint density at radius 2 is 1.91 bits per heavy atom. The van der Waals surface area contributed by atoms with Crippen molar-refractivity contribution in [1.29, 1.82) is 0 Å². The Hall–Kier alpha value is -3.79. The minimum absolute atomic E-state index is 0.0128. The fourth-order valence-electron chi connectivity index (χ4n) is 4.71. The number of hydrogen-bond donors (Lipinski definition) is 2. The van der Waals surface area contributed by atoms with Crippen LogP contribution in [-0.2, 0) is 14.3 Å². The van der Waals surface area contributed by atoms with Crippen LogP contribution in [0.2, 0.25) is 0 Å². The van der Waals surface area contributed by atoms with Crippen molar-refractivity contribution in [2.24, 2.45) is 5.92 Å². The summed E-state index contributed by atoms with van der Waals surface area (Å²) in [6.07, 6.45) is 6.04. The smallest absolute Gasteiger partial charge is 0.294 e. The molecule has 1 aliphatic heterocycles. The number of furan rings is 1. The first-order valence-corrected chi connectivity index (χ1v) is 11.8. The number of carbonyl (C=O) groups excluding carboxylic acids is 3. The number of aryl methyl sites for hydroxylation is 1. The average Bonchev–Trinajstić information content (AvgIpc) is 3.24. The Labute approximate surface area is 202 Å². The highest BCUT2D eigenvalue weighted by atomic mass is 16.5. The molecular formula is C25H27N5O5. The molecule has 0 aromatic carbocycles. The van der Waals surface area contributed by atoms with Crippen molar-refractivity contribution in [2.75, 3.05) is 30.4 Å². The van der Waals surface area contributed by atoms with Gasteiger partial charge in [-0.3, -0.25) is 19.4 Å². The first kappa shape index (κ1) is 23.0. The van der Waals surface area contributed by atoms with E-state index in [2.05, 4.69) is 20.6 Å². The fraction of sp³-hybridized carbons (Fsp3) is 0.400. The van der Waals surface area contributed by atoms with Crippen LogP contribution in [0.5, 0.6) is 0 Å². The molecule has 35 heavy (non-hydrogen) atoms. The van der Waals surface area contributed by atoms with Crippen LogP contribution in [0.15, 0.2) is 41.1 Å². The van der Waals surface area contributed by atoms with Crippen molar-refractivity contribution in [2.45, 2.75) is 38.6 Å². The summed E-state index contributed by atoms with van der Waals surface area (Å²) < 4.78 is 11.0. The molecule has 2 fully saturated rings. The number of nitrogens with zero attached hydrogens (tertiary/aromatic N) is 3. The van der Waals surface area contributed by atoms with Crippen molar-refractivity contribution >= 4 is 40.3 Å². The third-order valence-electron chi connectivity index (χ3n) is 6.58. The molecule has 4 heterocycles. The molecule has 1 aliphatic carbocycles. The van der Waals surface area contributed by atoms with Crippen molar-refractivity contribution in [3.05, 3.63) is 48.0 Å². The summed E-state index contributed by atoms with van der Waals surface area (Å²) in [5.74, 6) is -0.578. The zero-order chi connectivity index (χ0) is 24.4. The van der Waals surface area contributed by atoms with Gasteiger partial charge < -0.3 is 24.7 Å². The monoisotopic (exact) mass is 477 g/mol. The predicted octanol–water partition coefficient (Wildman–Crippen LogP) is 3.14. The Balaban J connectivity index is 1.30. The van der Waals surface area contributed by atoms with E-state index in [-0.39, 0.29) is 41.8 Å². The van der Waals surface area contributed by atoms with Crippen LogP contribution in [0.3, 0.4) is 0 Å². The maximum absolute atomic E-state index is 13.2. The van der Waals surface area contributed by atoms with Gasteiger partial charge in [-0.1, -0.05) is 6.07 Å². The van der Waals surface area contributed by atoms with E-state index in [1.807, 2.05) is 17.9 Å². The van der Waals surface area contributed by atoms with E-state index in [0.29, 0.717) is 42.9 Å². The molecule has 10 nitrogen and oxygen atoms in total. The summed E-state index contributed by atoms with van der Waals surface area (Å²) in [5.41, 5.74) is 2.03. The van der Waals surface area contributed by atoms with Crippen molar-refractivity contribution in [3.63, 3.8) is 0 Å². The van der Waals surface area contributed by atoms with Crippen molar-refractivity contribution in [3.8, 4) is 0 Å². The molecule has 1 saturated carbocycles. The quantitative estimate of drug-likeness (QED) is 0.578. The van der Waals surface area contributed by atoms with E-state index >= 15 is 0 Å². The van der Waals surface area contributed by atoms with Gasteiger partial charge in [0, 0.05) is 30.9 Å². The summed E-state index contributed by atoms with van der Waals surface area (Å²) in [6.45, 7) is 3.18. The lowest BCUT2D eigenvalue weighted by atomic mass is 9.84. The summed E-state index contributed by atoms with van der Waals surface area (Å²) in [4.78, 5) is 48.8. The Bertz CT molecular complexity index is 1250. The van der Waals surface area contributed by atoms with Crippen molar-refractivity contribution in [1.82, 2.24) is 14.9 Å². The normalized spacial score (nSPS) is 20.6. The number of morpholine rings is 1. The summed E-state index contributed by atoms with van der Waals surface area (Å²) in [7, 11) is 0.